The number of phosphoric ester groups is 1. The molecule has 0 aliphatic heterocycles. The second kappa shape index (κ2) is 32.6. The highest BCUT2D eigenvalue weighted by Crippen LogP contribution is 2.43. The predicted octanol–water partition coefficient (Wildman–Crippen LogP) is 7.87. The summed E-state index contributed by atoms with van der Waals surface area (Å²) in [7, 11) is -4.77. The van der Waals surface area contributed by atoms with Crippen LogP contribution < -0.4 is 5.73 Å². The standard InChI is InChI=1S/C42H76NO13P/c1-3-5-7-8-9-10-11-12-13-14-15-16-22-26-41(48)56-34(31-54-57(51,52)55-32-37(43)42(49)50)30-53-40(47)25-21-18-17-20-24-35-36(39(46)29-38(35)45)28-27-33(44)23-19-6-4-2/h27-28,33-37,39,44,46H,3-26,29-32,43H2,1-2H3,(H,49,50)(H,51,52)/b28-27+/t33-,34+,35+,36+,37-,39+/m0/s1. The molecule has 1 aliphatic carbocycles. The van der Waals surface area contributed by atoms with Crippen molar-refractivity contribution in [2.24, 2.45) is 17.6 Å². The van der Waals surface area contributed by atoms with Gasteiger partial charge in [0, 0.05) is 31.1 Å². The summed E-state index contributed by atoms with van der Waals surface area (Å²) in [6.45, 7) is 2.46. The largest absolute Gasteiger partial charge is 0.480 e. The first-order valence-electron chi connectivity index (χ1n) is 21.8. The highest BCUT2D eigenvalue weighted by atomic mass is 31.2. The highest BCUT2D eigenvalue weighted by Gasteiger charge is 2.39. The molecule has 0 spiro atoms. The fraction of sp³-hybridized carbons (Fsp3) is 0.857. The Labute approximate surface area is 341 Å². The van der Waals surface area contributed by atoms with Crippen molar-refractivity contribution in [2.75, 3.05) is 19.8 Å². The summed E-state index contributed by atoms with van der Waals surface area (Å²) < 4.78 is 32.7. The fourth-order valence-electron chi connectivity index (χ4n) is 6.90. The molecule has 14 nitrogen and oxygen atoms in total. The topological polar surface area (TPSA) is 229 Å². The molecular weight excluding hydrogens is 757 g/mol. The van der Waals surface area contributed by atoms with Gasteiger partial charge in [0.2, 0.25) is 0 Å². The zero-order chi connectivity index (χ0) is 42.3. The predicted molar refractivity (Wildman–Crippen MR) is 218 cm³/mol. The Balaban J connectivity index is 2.47. The quantitative estimate of drug-likeness (QED) is 0.0174. The van der Waals surface area contributed by atoms with Crippen LogP contribution in [0.1, 0.15) is 174 Å². The number of ketones is 1. The number of ether oxygens (including phenoxy) is 2. The molecule has 0 saturated heterocycles. The van der Waals surface area contributed by atoms with Crippen molar-refractivity contribution in [3.63, 3.8) is 0 Å². The summed E-state index contributed by atoms with van der Waals surface area (Å²) in [5, 5.41) is 29.6. The Morgan fingerprint density at radius 3 is 1.86 bits per heavy atom. The minimum Gasteiger partial charge on any atom is -0.480 e. The number of aliphatic hydroxyl groups excluding tert-OH is 2. The number of esters is 2. The number of hydrogen-bond acceptors (Lipinski definition) is 12. The summed E-state index contributed by atoms with van der Waals surface area (Å²) in [5.41, 5.74) is 5.32. The highest BCUT2D eigenvalue weighted by molar-refractivity contribution is 7.47. The molecule has 1 saturated carbocycles. The van der Waals surface area contributed by atoms with Crippen LogP contribution in [0, 0.1) is 11.8 Å². The number of nitrogens with two attached hydrogens (primary N) is 1. The van der Waals surface area contributed by atoms with Gasteiger partial charge >= 0.3 is 25.7 Å². The number of carboxylic acid groups (broad SMARTS) is 1. The first-order chi connectivity index (χ1) is 27.3. The van der Waals surface area contributed by atoms with Crippen LogP contribution in [-0.4, -0.2) is 88.1 Å². The Morgan fingerprint density at radius 2 is 1.28 bits per heavy atom. The van der Waals surface area contributed by atoms with E-state index in [0.29, 0.717) is 32.1 Å². The maximum absolute atomic E-state index is 12.6. The lowest BCUT2D eigenvalue weighted by Crippen LogP contribution is -2.34. The van der Waals surface area contributed by atoms with Gasteiger partial charge in [0.05, 0.1) is 25.4 Å². The van der Waals surface area contributed by atoms with Crippen molar-refractivity contribution in [3.05, 3.63) is 12.2 Å². The molecular formula is C42H76NO13P. The van der Waals surface area contributed by atoms with Crippen molar-refractivity contribution in [1.82, 2.24) is 0 Å². The lowest BCUT2D eigenvalue weighted by Gasteiger charge is -2.20. The van der Waals surface area contributed by atoms with E-state index in [1.807, 2.05) is 0 Å². The Bertz CT molecular complexity index is 1180. The lowest BCUT2D eigenvalue weighted by atomic mass is 9.88. The normalized spacial score (nSPS) is 19.7. The van der Waals surface area contributed by atoms with E-state index in [1.165, 1.54) is 57.8 Å². The average molecular weight is 834 g/mol. The average Bonchev–Trinajstić information content (AvgIpc) is 3.44. The second-order valence-electron chi connectivity index (χ2n) is 15.6. The van der Waals surface area contributed by atoms with Crippen LogP contribution in [0.2, 0.25) is 0 Å². The number of rotatable bonds is 37. The molecule has 7 atom stereocenters. The van der Waals surface area contributed by atoms with Gasteiger partial charge in [-0.2, -0.15) is 0 Å². The SMILES string of the molecule is CCCCCCCCCCCCCCCC(=O)O[C@H](COC(=O)CCCCCC[C@H]1C(=O)C[C@@H](O)[C@@H]1/C=C/[C@@H](O)CCCCC)COP(=O)(O)OC[C@H](N)C(=O)O. The van der Waals surface area contributed by atoms with Gasteiger partial charge in [0.25, 0.3) is 0 Å². The first-order valence-corrected chi connectivity index (χ1v) is 23.3. The molecule has 6 N–H and O–H groups in total. The van der Waals surface area contributed by atoms with Crippen LogP contribution in [0.25, 0.3) is 0 Å². The number of aliphatic carboxylic acids is 1. The fourth-order valence-corrected chi connectivity index (χ4v) is 7.68. The van der Waals surface area contributed by atoms with E-state index in [2.05, 4.69) is 18.4 Å². The molecule has 1 rings (SSSR count). The van der Waals surface area contributed by atoms with E-state index >= 15 is 0 Å². The summed E-state index contributed by atoms with van der Waals surface area (Å²) >= 11 is 0. The molecule has 0 aromatic carbocycles. The number of Topliss-reactive ketones (excluding diaryl/α,β-unsaturated/α-hetero) is 1. The first kappa shape index (κ1) is 52.8. The van der Waals surface area contributed by atoms with Crippen molar-refractivity contribution in [3.8, 4) is 0 Å². The minimum atomic E-state index is -4.77. The number of phosphoric acid groups is 1. The smallest absolute Gasteiger partial charge is 0.472 e. The summed E-state index contributed by atoms with van der Waals surface area (Å²) in [5.74, 6) is -3.15. The zero-order valence-corrected chi connectivity index (χ0v) is 35.8. The number of unbranched alkanes of at least 4 members (excludes halogenated alkanes) is 17. The van der Waals surface area contributed by atoms with Gasteiger partial charge < -0.3 is 35.4 Å². The van der Waals surface area contributed by atoms with E-state index in [9.17, 15) is 38.8 Å². The van der Waals surface area contributed by atoms with Crippen LogP contribution in [0.15, 0.2) is 12.2 Å². The van der Waals surface area contributed by atoms with Gasteiger partial charge in [-0.3, -0.25) is 28.2 Å². The van der Waals surface area contributed by atoms with Crippen LogP contribution >= 0.6 is 7.82 Å². The van der Waals surface area contributed by atoms with Gasteiger partial charge in [-0.1, -0.05) is 142 Å². The Morgan fingerprint density at radius 1 is 0.772 bits per heavy atom. The molecule has 1 aliphatic rings. The molecule has 15 heteroatoms. The van der Waals surface area contributed by atoms with Crippen molar-refractivity contribution in [1.29, 1.82) is 0 Å². The summed E-state index contributed by atoms with van der Waals surface area (Å²) in [4.78, 5) is 58.7. The Hall–Kier alpha value is -2.19. The van der Waals surface area contributed by atoms with Gasteiger partial charge in [0.15, 0.2) is 6.10 Å². The van der Waals surface area contributed by atoms with E-state index < -0.39 is 69.9 Å². The zero-order valence-electron chi connectivity index (χ0n) is 34.9. The molecule has 1 unspecified atom stereocenters. The van der Waals surface area contributed by atoms with Gasteiger partial charge in [-0.15, -0.1) is 0 Å². The van der Waals surface area contributed by atoms with Crippen LogP contribution in [0.4, 0.5) is 0 Å². The molecule has 0 amide bonds. The molecule has 0 heterocycles. The third kappa shape index (κ3) is 27.2. The van der Waals surface area contributed by atoms with Crippen LogP contribution in [-0.2, 0) is 42.3 Å². The second-order valence-corrected chi connectivity index (χ2v) is 17.1. The van der Waals surface area contributed by atoms with Gasteiger partial charge in [-0.25, -0.2) is 4.57 Å². The van der Waals surface area contributed by atoms with Gasteiger partial charge in [-0.05, 0) is 25.7 Å². The molecule has 0 aromatic heterocycles. The maximum atomic E-state index is 12.6. The number of hydrogen-bond donors (Lipinski definition) is 5. The number of carbonyl (C=O) groups excluding carboxylic acids is 3. The van der Waals surface area contributed by atoms with E-state index in [4.69, 9.17) is 24.8 Å². The van der Waals surface area contributed by atoms with Crippen LogP contribution in [0.3, 0.4) is 0 Å². The molecule has 332 valence electrons. The molecule has 0 aromatic rings. The molecule has 0 radical (unpaired) electrons. The Kier molecular flexibility index (Phi) is 30.2. The van der Waals surface area contributed by atoms with Crippen LogP contribution in [0.5, 0.6) is 0 Å². The number of carbonyl (C=O) groups is 4. The third-order valence-corrected chi connectivity index (χ3v) is 11.4. The monoisotopic (exact) mass is 834 g/mol. The van der Waals surface area contributed by atoms with E-state index in [0.717, 1.165) is 51.4 Å². The number of aliphatic hydroxyl groups is 2. The van der Waals surface area contributed by atoms with Gasteiger partial charge in [0.1, 0.15) is 18.4 Å². The van der Waals surface area contributed by atoms with E-state index in [-0.39, 0.29) is 36.9 Å². The van der Waals surface area contributed by atoms with Crippen molar-refractivity contribution >= 4 is 31.5 Å². The van der Waals surface area contributed by atoms with E-state index in [1.54, 1.807) is 12.2 Å². The minimum absolute atomic E-state index is 0.0257. The van der Waals surface area contributed by atoms with Crippen molar-refractivity contribution in [2.45, 2.75) is 199 Å². The molecule has 1 fully saturated rings. The maximum Gasteiger partial charge on any atom is 0.472 e. The third-order valence-electron chi connectivity index (χ3n) is 10.4. The number of carboxylic acids is 1. The van der Waals surface area contributed by atoms with Crippen molar-refractivity contribution < 1.29 is 62.5 Å². The molecule has 57 heavy (non-hydrogen) atoms. The summed E-state index contributed by atoms with van der Waals surface area (Å²) in [6, 6.07) is -1.55. The lowest BCUT2D eigenvalue weighted by molar-refractivity contribution is -0.161. The molecule has 0 bridgehead atoms. The summed E-state index contributed by atoms with van der Waals surface area (Å²) in [6.07, 6.45) is 23.2.